The van der Waals surface area contributed by atoms with E-state index in [0.29, 0.717) is 31.1 Å². The average Bonchev–Trinajstić information content (AvgIpc) is 3.05. The van der Waals surface area contributed by atoms with E-state index in [9.17, 15) is 9.59 Å². The lowest BCUT2D eigenvalue weighted by molar-refractivity contribution is -0.151. The number of anilines is 1. The summed E-state index contributed by atoms with van der Waals surface area (Å²) >= 11 is 0. The van der Waals surface area contributed by atoms with Gasteiger partial charge in [0.25, 0.3) is 0 Å². The Hall–Kier alpha value is -2.44. The van der Waals surface area contributed by atoms with E-state index in [-0.39, 0.29) is 29.6 Å². The number of carbonyl (C=O) groups excluding carboxylic acids is 2. The van der Waals surface area contributed by atoms with Gasteiger partial charge in [0.05, 0.1) is 19.6 Å². The first-order chi connectivity index (χ1) is 12.1. The second-order valence-electron chi connectivity index (χ2n) is 6.51. The standard InChI is InChI=1S/C18H23N3O4/c1-4-25-18(23)15-11(2)5-6-12-8-21(9-14(12)15)16-13(17(22)24-3)7-19-10-20-16/h5-7,10-12,14-15H,4,8-9H2,1-3H3/t11-,12-,14-,15-/m0/s1. The summed E-state index contributed by atoms with van der Waals surface area (Å²) in [5, 5.41) is 0. The molecule has 0 saturated carbocycles. The van der Waals surface area contributed by atoms with Gasteiger partial charge in [-0.15, -0.1) is 0 Å². The molecule has 1 aromatic heterocycles. The second kappa shape index (κ2) is 7.21. The van der Waals surface area contributed by atoms with Crippen LogP contribution >= 0.6 is 0 Å². The molecule has 134 valence electrons. The molecule has 0 aromatic carbocycles. The maximum atomic E-state index is 12.4. The molecular formula is C18H23N3O4. The first-order valence-electron chi connectivity index (χ1n) is 8.55. The summed E-state index contributed by atoms with van der Waals surface area (Å²) in [5.41, 5.74) is 0.341. The van der Waals surface area contributed by atoms with Crippen molar-refractivity contribution in [3.8, 4) is 0 Å². The van der Waals surface area contributed by atoms with Crippen LogP contribution in [-0.4, -0.2) is 48.7 Å². The van der Waals surface area contributed by atoms with E-state index in [2.05, 4.69) is 22.1 Å². The molecule has 0 N–H and O–H groups in total. The predicted molar refractivity (Wildman–Crippen MR) is 91.0 cm³/mol. The Morgan fingerprint density at radius 2 is 2.12 bits per heavy atom. The van der Waals surface area contributed by atoms with Gasteiger partial charge in [-0.3, -0.25) is 4.79 Å². The third-order valence-corrected chi connectivity index (χ3v) is 5.06. The highest BCUT2D eigenvalue weighted by molar-refractivity contribution is 5.94. The lowest BCUT2D eigenvalue weighted by atomic mass is 9.72. The number of aromatic nitrogens is 2. The van der Waals surface area contributed by atoms with Crippen molar-refractivity contribution in [2.75, 3.05) is 31.7 Å². The number of allylic oxidation sites excluding steroid dienone is 1. The van der Waals surface area contributed by atoms with Crippen LogP contribution in [0.1, 0.15) is 24.2 Å². The highest BCUT2D eigenvalue weighted by Gasteiger charge is 2.45. The minimum atomic E-state index is -0.462. The zero-order valence-electron chi connectivity index (χ0n) is 14.7. The summed E-state index contributed by atoms with van der Waals surface area (Å²) in [6.45, 7) is 5.59. The lowest BCUT2D eigenvalue weighted by Crippen LogP contribution is -2.37. The Labute approximate surface area is 147 Å². The van der Waals surface area contributed by atoms with Gasteiger partial charge in [0, 0.05) is 19.3 Å². The highest BCUT2D eigenvalue weighted by Crippen LogP contribution is 2.41. The number of hydrogen-bond acceptors (Lipinski definition) is 7. The monoisotopic (exact) mass is 345 g/mol. The van der Waals surface area contributed by atoms with Gasteiger partial charge in [-0.25, -0.2) is 14.8 Å². The molecule has 0 amide bonds. The van der Waals surface area contributed by atoms with E-state index in [1.807, 2.05) is 18.7 Å². The number of rotatable bonds is 4. The molecule has 0 spiro atoms. The van der Waals surface area contributed by atoms with Crippen molar-refractivity contribution in [3.63, 3.8) is 0 Å². The van der Waals surface area contributed by atoms with Crippen LogP contribution in [-0.2, 0) is 14.3 Å². The van der Waals surface area contributed by atoms with E-state index < -0.39 is 5.97 Å². The van der Waals surface area contributed by atoms with Crippen LogP contribution in [0.5, 0.6) is 0 Å². The molecule has 7 nitrogen and oxygen atoms in total. The van der Waals surface area contributed by atoms with Crippen molar-refractivity contribution in [1.82, 2.24) is 9.97 Å². The first kappa shape index (κ1) is 17.4. The van der Waals surface area contributed by atoms with Crippen molar-refractivity contribution >= 4 is 17.8 Å². The lowest BCUT2D eigenvalue weighted by Gasteiger charge is -2.31. The Morgan fingerprint density at radius 1 is 1.32 bits per heavy atom. The number of ether oxygens (including phenoxy) is 2. The number of hydrogen-bond donors (Lipinski definition) is 0. The molecule has 2 heterocycles. The normalized spacial score (nSPS) is 27.7. The molecule has 1 aliphatic heterocycles. The topological polar surface area (TPSA) is 81.6 Å². The Morgan fingerprint density at radius 3 is 2.84 bits per heavy atom. The van der Waals surface area contributed by atoms with Crippen LogP contribution in [0.25, 0.3) is 0 Å². The summed E-state index contributed by atoms with van der Waals surface area (Å²) < 4.78 is 10.1. The SMILES string of the molecule is CCOC(=O)[C@@H]1[C@H]2CN(c3ncncc3C(=O)OC)C[C@@H]2C=C[C@@H]1C. The quantitative estimate of drug-likeness (QED) is 0.607. The van der Waals surface area contributed by atoms with Gasteiger partial charge < -0.3 is 14.4 Å². The summed E-state index contributed by atoms with van der Waals surface area (Å²) in [7, 11) is 1.34. The van der Waals surface area contributed by atoms with Crippen LogP contribution in [0.2, 0.25) is 0 Å². The summed E-state index contributed by atoms with van der Waals surface area (Å²) in [5.74, 6) is 0.267. The predicted octanol–water partition coefficient (Wildman–Crippen LogP) is 1.70. The Bertz CT molecular complexity index is 691. The fourth-order valence-electron chi connectivity index (χ4n) is 3.90. The minimum Gasteiger partial charge on any atom is -0.466 e. The molecule has 7 heteroatoms. The molecule has 1 aromatic rings. The van der Waals surface area contributed by atoms with Crippen LogP contribution < -0.4 is 4.90 Å². The molecule has 1 saturated heterocycles. The van der Waals surface area contributed by atoms with Gasteiger partial charge >= 0.3 is 11.9 Å². The second-order valence-corrected chi connectivity index (χ2v) is 6.51. The molecule has 2 aliphatic rings. The zero-order valence-corrected chi connectivity index (χ0v) is 14.7. The third kappa shape index (κ3) is 3.23. The Kier molecular flexibility index (Phi) is 5.01. The number of esters is 2. The van der Waals surface area contributed by atoms with E-state index in [4.69, 9.17) is 9.47 Å². The molecule has 4 atom stereocenters. The average molecular weight is 345 g/mol. The molecule has 1 aliphatic carbocycles. The number of nitrogens with zero attached hydrogens (tertiary/aromatic N) is 3. The molecule has 1 fully saturated rings. The fourth-order valence-corrected chi connectivity index (χ4v) is 3.90. The first-order valence-corrected chi connectivity index (χ1v) is 8.55. The van der Waals surface area contributed by atoms with Crippen LogP contribution in [0, 0.1) is 23.7 Å². The molecule has 25 heavy (non-hydrogen) atoms. The summed E-state index contributed by atoms with van der Waals surface area (Å²) in [4.78, 5) is 34.7. The van der Waals surface area contributed by atoms with Crippen molar-refractivity contribution in [3.05, 3.63) is 30.2 Å². The molecule has 3 rings (SSSR count). The van der Waals surface area contributed by atoms with Gasteiger partial charge in [-0.05, 0) is 24.7 Å². The van der Waals surface area contributed by atoms with Gasteiger partial charge in [0.15, 0.2) is 0 Å². The maximum absolute atomic E-state index is 12.4. The van der Waals surface area contributed by atoms with Gasteiger partial charge in [-0.2, -0.15) is 0 Å². The third-order valence-electron chi connectivity index (χ3n) is 5.06. The smallest absolute Gasteiger partial charge is 0.343 e. The van der Waals surface area contributed by atoms with E-state index >= 15 is 0 Å². The van der Waals surface area contributed by atoms with Crippen molar-refractivity contribution in [1.29, 1.82) is 0 Å². The van der Waals surface area contributed by atoms with Crippen LogP contribution in [0.3, 0.4) is 0 Å². The van der Waals surface area contributed by atoms with Gasteiger partial charge in [0.2, 0.25) is 0 Å². The van der Waals surface area contributed by atoms with E-state index in [0.717, 1.165) is 0 Å². The van der Waals surface area contributed by atoms with Crippen molar-refractivity contribution < 1.29 is 19.1 Å². The van der Waals surface area contributed by atoms with E-state index in [1.54, 1.807) is 0 Å². The zero-order chi connectivity index (χ0) is 18.0. The summed E-state index contributed by atoms with van der Waals surface area (Å²) in [6, 6.07) is 0. The highest BCUT2D eigenvalue weighted by atomic mass is 16.5. The maximum Gasteiger partial charge on any atom is 0.343 e. The molecule has 0 unspecified atom stereocenters. The van der Waals surface area contributed by atoms with Crippen LogP contribution in [0.4, 0.5) is 5.82 Å². The minimum absolute atomic E-state index is 0.130. The van der Waals surface area contributed by atoms with Gasteiger partial charge in [-0.1, -0.05) is 19.1 Å². The molecular weight excluding hydrogens is 322 g/mol. The van der Waals surface area contributed by atoms with Crippen molar-refractivity contribution in [2.24, 2.45) is 23.7 Å². The molecule has 0 radical (unpaired) electrons. The molecule has 0 bridgehead atoms. The number of carbonyl (C=O) groups is 2. The van der Waals surface area contributed by atoms with Crippen molar-refractivity contribution in [2.45, 2.75) is 13.8 Å². The fraction of sp³-hybridized carbons (Fsp3) is 0.556. The number of methoxy groups -OCH3 is 1. The van der Waals surface area contributed by atoms with E-state index in [1.165, 1.54) is 19.6 Å². The Balaban J connectivity index is 1.87. The number of fused-ring (bicyclic) bond motifs is 1. The van der Waals surface area contributed by atoms with Crippen LogP contribution in [0.15, 0.2) is 24.7 Å². The van der Waals surface area contributed by atoms with Gasteiger partial charge in [0.1, 0.15) is 17.7 Å². The largest absolute Gasteiger partial charge is 0.466 e. The summed E-state index contributed by atoms with van der Waals surface area (Å²) in [6.07, 6.45) is 7.15.